The maximum absolute atomic E-state index is 13.3. The van der Waals surface area contributed by atoms with Crippen LogP contribution >= 0.6 is 0 Å². The number of nitrogens with one attached hydrogen (secondary N) is 1. The first kappa shape index (κ1) is 28.5. The van der Waals surface area contributed by atoms with Gasteiger partial charge in [-0.3, -0.25) is 24.5 Å². The highest BCUT2D eigenvalue weighted by Gasteiger charge is 2.21. The van der Waals surface area contributed by atoms with Gasteiger partial charge in [-0.15, -0.1) is 0 Å². The molecule has 1 aromatic heterocycles. The number of amides is 4. The molecule has 1 N–H and O–H groups in total. The molecule has 5 rings (SSSR count). The van der Waals surface area contributed by atoms with Crippen LogP contribution in [0.1, 0.15) is 50.3 Å². The molecule has 1 fully saturated rings. The van der Waals surface area contributed by atoms with Gasteiger partial charge in [0.2, 0.25) is 11.9 Å². The van der Waals surface area contributed by atoms with Gasteiger partial charge in [-0.25, -0.2) is 4.98 Å². The van der Waals surface area contributed by atoms with Gasteiger partial charge >= 0.3 is 0 Å². The van der Waals surface area contributed by atoms with Crippen LogP contribution in [0.3, 0.4) is 0 Å². The molecule has 0 radical (unpaired) electrons. The van der Waals surface area contributed by atoms with E-state index < -0.39 is 5.91 Å². The molecular weight excluding hydrogens is 532 g/mol. The number of aryl methyl sites for hydroxylation is 1. The number of aromatic nitrogens is 2. The second kappa shape index (κ2) is 12.3. The van der Waals surface area contributed by atoms with E-state index >= 15 is 0 Å². The molecule has 10 nitrogen and oxygen atoms in total. The van der Waals surface area contributed by atoms with Crippen LogP contribution in [0.4, 0.5) is 11.6 Å². The standard InChI is InChI=1S/C32H34N6O4/c1-35(2)30(41)24-13-7-12-23(20-24)29(40)34-32-33-26-21-25(36(3)31(42)22-10-5-4-6-11-22)15-16-27(26)38(32)19-9-18-37-17-8-14-28(37)39/h4-7,10-13,15-16,20-21H,8-9,14,17-19H2,1-3H3,(H,33,34,40). The van der Waals surface area contributed by atoms with Gasteiger partial charge in [-0.05, 0) is 61.4 Å². The molecule has 0 bridgehead atoms. The zero-order chi connectivity index (χ0) is 29.8. The highest BCUT2D eigenvalue weighted by Crippen LogP contribution is 2.27. The summed E-state index contributed by atoms with van der Waals surface area (Å²) in [7, 11) is 5.03. The predicted molar refractivity (Wildman–Crippen MR) is 162 cm³/mol. The Kier molecular flexibility index (Phi) is 8.33. The van der Waals surface area contributed by atoms with Crippen LogP contribution in [0, 0.1) is 0 Å². The average molecular weight is 567 g/mol. The fraction of sp³-hybridized carbons (Fsp3) is 0.281. The molecule has 216 valence electrons. The van der Waals surface area contributed by atoms with E-state index in [4.69, 9.17) is 4.98 Å². The third-order valence-corrected chi connectivity index (χ3v) is 7.43. The molecule has 4 amide bonds. The van der Waals surface area contributed by atoms with Gasteiger partial charge in [0.1, 0.15) is 0 Å². The van der Waals surface area contributed by atoms with Crippen molar-refractivity contribution in [2.24, 2.45) is 0 Å². The number of imidazole rings is 1. The highest BCUT2D eigenvalue weighted by atomic mass is 16.2. The average Bonchev–Trinajstić information content (AvgIpc) is 3.58. The summed E-state index contributed by atoms with van der Waals surface area (Å²) >= 11 is 0. The summed E-state index contributed by atoms with van der Waals surface area (Å²) in [5.74, 6) is -0.227. The number of carbonyl (C=O) groups is 4. The van der Waals surface area contributed by atoms with Crippen molar-refractivity contribution in [3.05, 3.63) is 89.5 Å². The van der Waals surface area contributed by atoms with Gasteiger partial charge in [-0.1, -0.05) is 24.3 Å². The Morgan fingerprint density at radius 2 is 1.60 bits per heavy atom. The zero-order valence-corrected chi connectivity index (χ0v) is 24.0. The summed E-state index contributed by atoms with van der Waals surface area (Å²) in [6, 6.07) is 21.2. The SMILES string of the molecule is CN(C)C(=O)c1cccc(C(=O)Nc2nc3cc(N(C)C(=O)c4ccccc4)ccc3n2CCCN2CCCC2=O)c1. The van der Waals surface area contributed by atoms with Crippen LogP contribution < -0.4 is 10.2 Å². The van der Waals surface area contributed by atoms with E-state index in [-0.39, 0.29) is 17.7 Å². The van der Waals surface area contributed by atoms with Crippen LogP contribution in [0.5, 0.6) is 0 Å². The number of carbonyl (C=O) groups excluding carboxylic acids is 4. The number of hydrogen-bond acceptors (Lipinski definition) is 5. The topological polar surface area (TPSA) is 108 Å². The fourth-order valence-corrected chi connectivity index (χ4v) is 5.13. The summed E-state index contributed by atoms with van der Waals surface area (Å²) < 4.78 is 1.92. The maximum atomic E-state index is 13.3. The lowest BCUT2D eigenvalue weighted by molar-refractivity contribution is -0.127. The van der Waals surface area contributed by atoms with Crippen molar-refractivity contribution in [2.75, 3.05) is 44.4 Å². The number of likely N-dealkylation sites (tertiary alicyclic amines) is 1. The minimum absolute atomic E-state index is 0.148. The van der Waals surface area contributed by atoms with E-state index in [1.807, 2.05) is 45.9 Å². The summed E-state index contributed by atoms with van der Waals surface area (Å²) in [6.45, 7) is 1.90. The molecule has 2 heterocycles. The lowest BCUT2D eigenvalue weighted by Gasteiger charge is -2.18. The van der Waals surface area contributed by atoms with E-state index in [0.717, 1.165) is 18.5 Å². The molecule has 1 saturated heterocycles. The minimum atomic E-state index is -0.397. The molecule has 1 aliphatic heterocycles. The Hall–Kier alpha value is -4.99. The molecule has 0 aliphatic carbocycles. The van der Waals surface area contributed by atoms with Crippen LogP contribution in [0.15, 0.2) is 72.8 Å². The van der Waals surface area contributed by atoms with Crippen molar-refractivity contribution < 1.29 is 19.2 Å². The summed E-state index contributed by atoms with van der Waals surface area (Å²) in [5.41, 5.74) is 3.38. The van der Waals surface area contributed by atoms with Crippen molar-refractivity contribution in [1.82, 2.24) is 19.4 Å². The maximum Gasteiger partial charge on any atom is 0.258 e. The molecule has 10 heteroatoms. The van der Waals surface area contributed by atoms with E-state index in [2.05, 4.69) is 5.32 Å². The van der Waals surface area contributed by atoms with Gasteiger partial charge in [0.15, 0.2) is 0 Å². The fourth-order valence-electron chi connectivity index (χ4n) is 5.13. The Labute approximate surface area is 244 Å². The van der Waals surface area contributed by atoms with Crippen molar-refractivity contribution in [1.29, 1.82) is 0 Å². The van der Waals surface area contributed by atoms with Crippen molar-refractivity contribution in [2.45, 2.75) is 25.8 Å². The third-order valence-electron chi connectivity index (χ3n) is 7.43. The van der Waals surface area contributed by atoms with Crippen LogP contribution in [-0.4, -0.2) is 77.2 Å². The second-order valence-corrected chi connectivity index (χ2v) is 10.6. The molecule has 0 unspecified atom stereocenters. The van der Waals surface area contributed by atoms with E-state index in [1.54, 1.807) is 62.4 Å². The number of benzene rings is 3. The van der Waals surface area contributed by atoms with Gasteiger partial charge in [0.25, 0.3) is 17.7 Å². The zero-order valence-electron chi connectivity index (χ0n) is 24.0. The smallest absolute Gasteiger partial charge is 0.258 e. The van der Waals surface area contributed by atoms with Crippen LogP contribution in [0.25, 0.3) is 11.0 Å². The molecule has 42 heavy (non-hydrogen) atoms. The molecule has 0 saturated carbocycles. The van der Waals surface area contributed by atoms with Crippen LogP contribution in [-0.2, 0) is 11.3 Å². The second-order valence-electron chi connectivity index (χ2n) is 10.6. The number of hydrogen-bond donors (Lipinski definition) is 1. The monoisotopic (exact) mass is 566 g/mol. The van der Waals surface area contributed by atoms with E-state index in [1.165, 1.54) is 4.90 Å². The number of fused-ring (bicyclic) bond motifs is 1. The predicted octanol–water partition coefficient (Wildman–Crippen LogP) is 4.28. The first-order valence-electron chi connectivity index (χ1n) is 14.0. The van der Waals surface area contributed by atoms with E-state index in [0.29, 0.717) is 59.8 Å². The normalized spacial score (nSPS) is 12.9. The van der Waals surface area contributed by atoms with Crippen LogP contribution in [0.2, 0.25) is 0 Å². The molecule has 4 aromatic rings. The largest absolute Gasteiger partial charge is 0.345 e. The summed E-state index contributed by atoms with van der Waals surface area (Å²) in [4.78, 5) is 60.6. The molecule has 0 spiro atoms. The van der Waals surface area contributed by atoms with Crippen molar-refractivity contribution in [3.63, 3.8) is 0 Å². The quantitative estimate of drug-likeness (QED) is 0.325. The van der Waals surface area contributed by atoms with Gasteiger partial charge in [0.05, 0.1) is 11.0 Å². The van der Waals surface area contributed by atoms with Gasteiger partial charge in [-0.2, -0.15) is 0 Å². The van der Waals surface area contributed by atoms with Gasteiger partial charge < -0.3 is 19.3 Å². The minimum Gasteiger partial charge on any atom is -0.345 e. The number of nitrogens with zero attached hydrogens (tertiary/aromatic N) is 5. The summed E-state index contributed by atoms with van der Waals surface area (Å²) in [5, 5.41) is 2.92. The Balaban J connectivity index is 1.44. The molecular formula is C32H34N6O4. The number of anilines is 2. The van der Waals surface area contributed by atoms with Crippen molar-refractivity contribution in [3.8, 4) is 0 Å². The Morgan fingerprint density at radius 1 is 0.857 bits per heavy atom. The Bertz CT molecular complexity index is 1650. The highest BCUT2D eigenvalue weighted by molar-refractivity contribution is 6.07. The lowest BCUT2D eigenvalue weighted by atomic mass is 10.1. The molecule has 3 aromatic carbocycles. The molecule has 1 aliphatic rings. The van der Waals surface area contributed by atoms with Gasteiger partial charge in [0, 0.05) is 69.6 Å². The number of rotatable bonds is 9. The summed E-state index contributed by atoms with van der Waals surface area (Å²) in [6.07, 6.45) is 2.14. The molecule has 0 atom stereocenters. The van der Waals surface area contributed by atoms with Crippen molar-refractivity contribution >= 4 is 46.3 Å². The Morgan fingerprint density at radius 3 is 2.31 bits per heavy atom. The third kappa shape index (κ3) is 6.02. The lowest BCUT2D eigenvalue weighted by Crippen LogP contribution is -2.26. The first-order chi connectivity index (χ1) is 20.2. The first-order valence-corrected chi connectivity index (χ1v) is 14.0. The van der Waals surface area contributed by atoms with E-state index in [9.17, 15) is 19.2 Å².